The Bertz CT molecular complexity index is 445. The smallest absolute Gasteiger partial charge is 0.228 e. The lowest BCUT2D eigenvalue weighted by atomic mass is 9.98. The zero-order chi connectivity index (χ0) is 13.7. The molecule has 112 valence electrons. The molecule has 1 saturated heterocycles. The number of amides is 1. The van der Waals surface area contributed by atoms with Crippen molar-refractivity contribution in [1.82, 2.24) is 5.32 Å². The first kappa shape index (κ1) is 16.8. The van der Waals surface area contributed by atoms with Crippen LogP contribution in [-0.2, 0) is 4.79 Å². The van der Waals surface area contributed by atoms with Gasteiger partial charge in [-0.05, 0) is 57.0 Å². The van der Waals surface area contributed by atoms with Gasteiger partial charge in [0.15, 0.2) is 0 Å². The van der Waals surface area contributed by atoms with Gasteiger partial charge in [-0.3, -0.25) is 4.79 Å². The Hall–Kier alpha value is -1.26. The summed E-state index contributed by atoms with van der Waals surface area (Å²) < 4.78 is 5.44. The van der Waals surface area contributed by atoms with Crippen molar-refractivity contribution in [2.45, 2.75) is 26.7 Å². The van der Waals surface area contributed by atoms with E-state index in [1.165, 1.54) is 0 Å². The van der Waals surface area contributed by atoms with Gasteiger partial charge in [0, 0.05) is 12.2 Å². The van der Waals surface area contributed by atoms with Crippen molar-refractivity contribution < 1.29 is 9.53 Å². The van der Waals surface area contributed by atoms with Crippen molar-refractivity contribution in [2.75, 3.05) is 25.0 Å². The highest BCUT2D eigenvalue weighted by Crippen LogP contribution is 2.22. The van der Waals surface area contributed by atoms with Crippen molar-refractivity contribution in [2.24, 2.45) is 5.92 Å². The zero-order valence-corrected chi connectivity index (χ0v) is 12.9. The minimum Gasteiger partial charge on any atom is -0.494 e. The summed E-state index contributed by atoms with van der Waals surface area (Å²) in [7, 11) is 0. The number of carbonyl (C=O) groups is 1. The molecule has 4 nitrogen and oxygen atoms in total. The van der Waals surface area contributed by atoms with E-state index in [4.69, 9.17) is 4.74 Å². The van der Waals surface area contributed by atoms with Gasteiger partial charge in [0.25, 0.3) is 0 Å². The Morgan fingerprint density at radius 3 is 2.90 bits per heavy atom. The number of carbonyl (C=O) groups excluding carboxylic acids is 1. The minimum atomic E-state index is 0. The summed E-state index contributed by atoms with van der Waals surface area (Å²) in [5, 5.41) is 6.28. The molecule has 1 atom stereocenters. The molecule has 5 heteroatoms. The molecule has 1 aliphatic rings. The molecule has 0 aromatic heterocycles. The van der Waals surface area contributed by atoms with E-state index in [-0.39, 0.29) is 24.2 Å². The van der Waals surface area contributed by atoms with Gasteiger partial charge in [-0.2, -0.15) is 0 Å². The molecular weight excluding hydrogens is 276 g/mol. The Balaban J connectivity index is 0.00000200. The molecule has 1 aliphatic heterocycles. The highest BCUT2D eigenvalue weighted by atomic mass is 35.5. The number of anilines is 1. The van der Waals surface area contributed by atoms with Gasteiger partial charge in [0.05, 0.1) is 12.5 Å². The topological polar surface area (TPSA) is 50.4 Å². The zero-order valence-electron chi connectivity index (χ0n) is 12.1. The van der Waals surface area contributed by atoms with E-state index in [9.17, 15) is 4.79 Å². The number of nitrogens with one attached hydrogen (secondary N) is 2. The molecule has 1 amide bonds. The molecule has 1 aromatic rings. The quantitative estimate of drug-likeness (QED) is 0.898. The summed E-state index contributed by atoms with van der Waals surface area (Å²) in [5.74, 6) is 1.04. The van der Waals surface area contributed by atoms with Gasteiger partial charge in [-0.25, -0.2) is 0 Å². The van der Waals surface area contributed by atoms with Crippen LogP contribution in [0.2, 0.25) is 0 Å². The fourth-order valence-electron chi connectivity index (χ4n) is 2.34. The second-order valence-electron chi connectivity index (χ2n) is 4.94. The molecule has 1 heterocycles. The lowest BCUT2D eigenvalue weighted by molar-refractivity contribution is -0.120. The van der Waals surface area contributed by atoms with Crippen molar-refractivity contribution in [3.63, 3.8) is 0 Å². The number of halogens is 1. The Morgan fingerprint density at radius 2 is 2.30 bits per heavy atom. The number of ether oxygens (including phenoxy) is 1. The molecule has 1 aromatic carbocycles. The predicted octanol–water partition coefficient (Wildman–Crippen LogP) is 2.75. The number of hydrogen-bond donors (Lipinski definition) is 2. The third kappa shape index (κ3) is 4.39. The number of benzene rings is 1. The molecule has 0 spiro atoms. The summed E-state index contributed by atoms with van der Waals surface area (Å²) in [6.45, 7) is 6.39. The molecule has 1 fully saturated rings. The Kier molecular flexibility index (Phi) is 6.82. The maximum absolute atomic E-state index is 12.1. The number of hydrogen-bond acceptors (Lipinski definition) is 3. The van der Waals surface area contributed by atoms with Crippen LogP contribution in [0, 0.1) is 12.8 Å². The van der Waals surface area contributed by atoms with E-state index >= 15 is 0 Å². The van der Waals surface area contributed by atoms with Crippen molar-refractivity contribution in [3.8, 4) is 5.75 Å². The molecule has 0 unspecified atom stereocenters. The van der Waals surface area contributed by atoms with Crippen LogP contribution in [0.5, 0.6) is 5.75 Å². The first-order chi connectivity index (χ1) is 9.20. The van der Waals surface area contributed by atoms with Gasteiger partial charge in [-0.1, -0.05) is 0 Å². The maximum Gasteiger partial charge on any atom is 0.228 e. The molecule has 20 heavy (non-hydrogen) atoms. The molecule has 0 bridgehead atoms. The predicted molar refractivity (Wildman–Crippen MR) is 83.8 cm³/mol. The van der Waals surface area contributed by atoms with Gasteiger partial charge in [0.1, 0.15) is 5.75 Å². The summed E-state index contributed by atoms with van der Waals surface area (Å²) in [6, 6.07) is 5.76. The van der Waals surface area contributed by atoms with Crippen LogP contribution in [0.1, 0.15) is 25.3 Å². The lowest BCUT2D eigenvalue weighted by Gasteiger charge is -2.22. The van der Waals surface area contributed by atoms with E-state index in [1.54, 1.807) is 0 Å². The lowest BCUT2D eigenvalue weighted by Crippen LogP contribution is -2.37. The average Bonchev–Trinajstić information content (AvgIpc) is 2.43. The van der Waals surface area contributed by atoms with Crippen LogP contribution in [0.25, 0.3) is 0 Å². The van der Waals surface area contributed by atoms with E-state index in [1.807, 2.05) is 32.0 Å². The van der Waals surface area contributed by atoms with Crippen molar-refractivity contribution in [1.29, 1.82) is 0 Å². The SMILES string of the molecule is CCOc1ccc(NC(=O)[C@@H]2CCCNC2)c(C)c1.Cl. The Labute approximate surface area is 126 Å². The summed E-state index contributed by atoms with van der Waals surface area (Å²) in [4.78, 5) is 12.1. The van der Waals surface area contributed by atoms with Gasteiger partial charge in [0.2, 0.25) is 5.91 Å². The third-order valence-corrected chi connectivity index (χ3v) is 3.43. The molecular formula is C15H23ClN2O2. The average molecular weight is 299 g/mol. The van der Waals surface area contributed by atoms with Crippen LogP contribution in [-0.4, -0.2) is 25.6 Å². The first-order valence-corrected chi connectivity index (χ1v) is 6.95. The second-order valence-corrected chi connectivity index (χ2v) is 4.94. The highest BCUT2D eigenvalue weighted by molar-refractivity contribution is 5.93. The summed E-state index contributed by atoms with van der Waals surface area (Å²) >= 11 is 0. The second kappa shape index (κ2) is 8.12. The highest BCUT2D eigenvalue weighted by Gasteiger charge is 2.21. The van der Waals surface area contributed by atoms with Gasteiger partial charge < -0.3 is 15.4 Å². The maximum atomic E-state index is 12.1. The molecule has 2 rings (SSSR count). The van der Waals surface area contributed by atoms with Crippen molar-refractivity contribution >= 4 is 24.0 Å². The fraction of sp³-hybridized carbons (Fsp3) is 0.533. The van der Waals surface area contributed by atoms with E-state index in [0.29, 0.717) is 6.61 Å². The normalized spacial score (nSPS) is 18.0. The fourth-order valence-corrected chi connectivity index (χ4v) is 2.34. The third-order valence-electron chi connectivity index (χ3n) is 3.43. The standard InChI is InChI=1S/C15H22N2O2.ClH/c1-3-19-13-6-7-14(11(2)9-13)17-15(18)12-5-4-8-16-10-12;/h6-7,9,12,16H,3-5,8,10H2,1-2H3,(H,17,18);1H/t12-;/m1./s1. The molecule has 0 radical (unpaired) electrons. The van der Waals surface area contributed by atoms with Gasteiger partial charge in [-0.15, -0.1) is 12.4 Å². The first-order valence-electron chi connectivity index (χ1n) is 6.95. The van der Waals surface area contributed by atoms with Crippen LogP contribution in [0.15, 0.2) is 18.2 Å². The number of aryl methyl sites for hydroxylation is 1. The monoisotopic (exact) mass is 298 g/mol. The molecule has 0 aliphatic carbocycles. The summed E-state index contributed by atoms with van der Waals surface area (Å²) in [5.41, 5.74) is 1.90. The van der Waals surface area contributed by atoms with Gasteiger partial charge >= 0.3 is 0 Å². The van der Waals surface area contributed by atoms with E-state index in [2.05, 4.69) is 10.6 Å². The van der Waals surface area contributed by atoms with Crippen LogP contribution < -0.4 is 15.4 Å². The summed E-state index contributed by atoms with van der Waals surface area (Å²) in [6.07, 6.45) is 2.04. The number of piperidine rings is 1. The van der Waals surface area contributed by atoms with Crippen LogP contribution >= 0.6 is 12.4 Å². The van der Waals surface area contributed by atoms with E-state index < -0.39 is 0 Å². The van der Waals surface area contributed by atoms with Crippen LogP contribution in [0.4, 0.5) is 5.69 Å². The van der Waals surface area contributed by atoms with Crippen LogP contribution in [0.3, 0.4) is 0 Å². The largest absolute Gasteiger partial charge is 0.494 e. The van der Waals surface area contributed by atoms with E-state index in [0.717, 1.165) is 42.9 Å². The van der Waals surface area contributed by atoms with Crippen molar-refractivity contribution in [3.05, 3.63) is 23.8 Å². The number of rotatable bonds is 4. The minimum absolute atomic E-state index is 0. The molecule has 0 saturated carbocycles. The molecule has 2 N–H and O–H groups in total. The Morgan fingerprint density at radius 1 is 1.50 bits per heavy atom.